The fourth-order valence-corrected chi connectivity index (χ4v) is 4.14. The first-order chi connectivity index (χ1) is 14.1. The summed E-state index contributed by atoms with van der Waals surface area (Å²) in [5.74, 6) is 1.22. The summed E-state index contributed by atoms with van der Waals surface area (Å²) in [4.78, 5) is 14.4. The van der Waals surface area contributed by atoms with Crippen molar-refractivity contribution < 1.29 is 9.53 Å². The molecule has 0 saturated carbocycles. The number of methoxy groups -OCH3 is 1. The number of nitrogens with zero attached hydrogens (tertiary/aromatic N) is 3. The van der Waals surface area contributed by atoms with Gasteiger partial charge in [-0.15, -0.1) is 5.10 Å². The molecule has 0 spiro atoms. The summed E-state index contributed by atoms with van der Waals surface area (Å²) in [6, 6.07) is 20.2. The van der Waals surface area contributed by atoms with Crippen molar-refractivity contribution in [1.29, 1.82) is 0 Å². The fourth-order valence-electron chi connectivity index (χ4n) is 3.21. The first-order valence-electron chi connectivity index (χ1n) is 9.28. The molecule has 0 bridgehead atoms. The summed E-state index contributed by atoms with van der Waals surface area (Å²) >= 11 is 1.42. The van der Waals surface area contributed by atoms with E-state index in [1.165, 1.54) is 11.8 Å². The Morgan fingerprint density at radius 1 is 1.03 bits per heavy atom. The molecule has 0 N–H and O–H groups in total. The van der Waals surface area contributed by atoms with Gasteiger partial charge < -0.3 is 9.64 Å². The Morgan fingerprint density at radius 2 is 1.83 bits per heavy atom. The van der Waals surface area contributed by atoms with Gasteiger partial charge >= 0.3 is 0 Å². The maximum Gasteiger partial charge on any atom is 0.233 e. The summed E-state index contributed by atoms with van der Waals surface area (Å²) in [5.41, 5.74) is 1.09. The molecule has 4 rings (SSSR count). The van der Waals surface area contributed by atoms with Crippen LogP contribution in [-0.4, -0.2) is 40.9 Å². The van der Waals surface area contributed by atoms with Gasteiger partial charge in [-0.05, 0) is 34.5 Å². The molecule has 29 heavy (non-hydrogen) atoms. The molecule has 0 aliphatic carbocycles. The Morgan fingerprint density at radius 3 is 2.69 bits per heavy atom. The van der Waals surface area contributed by atoms with E-state index < -0.39 is 0 Å². The number of hydrogen-bond acceptors (Lipinski definition) is 5. The molecule has 0 aliphatic rings. The highest BCUT2D eigenvalue weighted by Gasteiger charge is 2.12. The van der Waals surface area contributed by atoms with E-state index in [0.29, 0.717) is 12.3 Å². The third-order valence-electron chi connectivity index (χ3n) is 4.83. The second kappa shape index (κ2) is 8.49. The third kappa shape index (κ3) is 4.32. The van der Waals surface area contributed by atoms with Crippen LogP contribution >= 0.6 is 11.8 Å². The molecule has 3 aromatic carbocycles. The Hall–Kier alpha value is -3.12. The first-order valence-corrected chi connectivity index (χ1v) is 10.3. The molecular formula is C23H21N3O2S. The lowest BCUT2D eigenvalue weighted by molar-refractivity contribution is -0.127. The number of aromatic nitrogens is 2. The minimum atomic E-state index is 0.0552. The van der Waals surface area contributed by atoms with Crippen molar-refractivity contribution in [2.75, 3.05) is 19.9 Å². The number of carbonyl (C=O) groups is 1. The number of thioether (sulfide) groups is 1. The Labute approximate surface area is 173 Å². The van der Waals surface area contributed by atoms with Crippen molar-refractivity contribution in [3.8, 4) is 5.75 Å². The van der Waals surface area contributed by atoms with E-state index in [2.05, 4.69) is 28.4 Å². The molecule has 0 atom stereocenters. The zero-order valence-corrected chi connectivity index (χ0v) is 17.1. The molecule has 0 radical (unpaired) electrons. The number of amides is 1. The van der Waals surface area contributed by atoms with Crippen molar-refractivity contribution in [3.63, 3.8) is 0 Å². The standard InChI is InChI=1S/C23H21N3O2S/c1-26(14-16-7-8-18-12-20(28-2)10-9-17(18)11-16)22(27)15-29-23-21-6-4-3-5-19(21)13-24-25-23/h3-13H,14-15H2,1-2H3. The predicted molar refractivity (Wildman–Crippen MR) is 117 cm³/mol. The average Bonchev–Trinajstić information content (AvgIpc) is 2.77. The molecule has 146 valence electrons. The van der Waals surface area contributed by atoms with Crippen molar-refractivity contribution in [3.05, 3.63) is 72.4 Å². The van der Waals surface area contributed by atoms with E-state index in [9.17, 15) is 4.79 Å². The highest BCUT2D eigenvalue weighted by molar-refractivity contribution is 8.00. The zero-order valence-electron chi connectivity index (χ0n) is 16.3. The van der Waals surface area contributed by atoms with Crippen LogP contribution in [0.15, 0.2) is 71.9 Å². The maximum atomic E-state index is 12.6. The Balaban J connectivity index is 1.42. The van der Waals surface area contributed by atoms with Crippen molar-refractivity contribution >= 4 is 39.2 Å². The van der Waals surface area contributed by atoms with Crippen molar-refractivity contribution in [2.45, 2.75) is 11.6 Å². The molecule has 0 fully saturated rings. The number of ether oxygens (including phenoxy) is 1. The van der Waals surface area contributed by atoms with E-state index in [1.807, 2.05) is 49.5 Å². The summed E-state index contributed by atoms with van der Waals surface area (Å²) in [5, 5.41) is 13.3. The van der Waals surface area contributed by atoms with Gasteiger partial charge in [0.2, 0.25) is 5.91 Å². The second-order valence-electron chi connectivity index (χ2n) is 6.82. The summed E-state index contributed by atoms with van der Waals surface area (Å²) < 4.78 is 5.27. The topological polar surface area (TPSA) is 55.3 Å². The molecule has 0 unspecified atom stereocenters. The van der Waals surface area contributed by atoms with E-state index in [1.54, 1.807) is 18.2 Å². The van der Waals surface area contributed by atoms with Crippen LogP contribution in [0.25, 0.3) is 21.5 Å². The largest absolute Gasteiger partial charge is 0.497 e. The average molecular weight is 404 g/mol. The van der Waals surface area contributed by atoms with Crippen LogP contribution in [0.5, 0.6) is 5.75 Å². The van der Waals surface area contributed by atoms with Gasteiger partial charge in [-0.1, -0.05) is 54.2 Å². The molecule has 0 aliphatic heterocycles. The van der Waals surface area contributed by atoms with Crippen LogP contribution in [-0.2, 0) is 11.3 Å². The molecule has 4 aromatic rings. The monoisotopic (exact) mass is 403 g/mol. The van der Waals surface area contributed by atoms with Crippen molar-refractivity contribution in [1.82, 2.24) is 15.1 Å². The van der Waals surface area contributed by atoms with E-state index in [0.717, 1.165) is 37.9 Å². The highest BCUT2D eigenvalue weighted by atomic mass is 32.2. The number of carbonyl (C=O) groups excluding carboxylic acids is 1. The van der Waals surface area contributed by atoms with Crippen LogP contribution in [0.4, 0.5) is 0 Å². The summed E-state index contributed by atoms with van der Waals surface area (Å²) in [6.07, 6.45) is 1.74. The zero-order chi connectivity index (χ0) is 20.2. The van der Waals surface area contributed by atoms with Gasteiger partial charge in [-0.2, -0.15) is 5.10 Å². The van der Waals surface area contributed by atoms with Crippen LogP contribution in [0.1, 0.15) is 5.56 Å². The van der Waals surface area contributed by atoms with E-state index in [-0.39, 0.29) is 5.91 Å². The molecule has 1 heterocycles. The van der Waals surface area contributed by atoms with Gasteiger partial charge in [0.1, 0.15) is 10.8 Å². The Bertz CT molecular complexity index is 1170. The number of rotatable bonds is 6. The van der Waals surface area contributed by atoms with Gasteiger partial charge in [0.25, 0.3) is 0 Å². The minimum absolute atomic E-state index is 0.0552. The smallest absolute Gasteiger partial charge is 0.233 e. The summed E-state index contributed by atoms with van der Waals surface area (Å²) in [6.45, 7) is 0.558. The van der Waals surface area contributed by atoms with E-state index >= 15 is 0 Å². The fraction of sp³-hybridized carbons (Fsp3) is 0.174. The highest BCUT2D eigenvalue weighted by Crippen LogP contribution is 2.25. The van der Waals surface area contributed by atoms with Gasteiger partial charge in [0.05, 0.1) is 19.1 Å². The number of hydrogen-bond donors (Lipinski definition) is 0. The molecular weight excluding hydrogens is 382 g/mol. The first kappa shape index (κ1) is 19.2. The quantitative estimate of drug-likeness (QED) is 0.442. The normalized spacial score (nSPS) is 11.0. The Kier molecular flexibility index (Phi) is 5.62. The van der Waals surface area contributed by atoms with Gasteiger partial charge in [0, 0.05) is 24.4 Å². The van der Waals surface area contributed by atoms with Gasteiger partial charge in [0.15, 0.2) is 0 Å². The molecule has 1 amide bonds. The van der Waals surface area contributed by atoms with Crippen LogP contribution in [0.3, 0.4) is 0 Å². The maximum absolute atomic E-state index is 12.6. The van der Waals surface area contributed by atoms with Gasteiger partial charge in [-0.3, -0.25) is 4.79 Å². The predicted octanol–water partition coefficient (Wildman–Crippen LogP) is 4.54. The van der Waals surface area contributed by atoms with E-state index in [4.69, 9.17) is 4.74 Å². The molecule has 6 heteroatoms. The number of benzene rings is 3. The lowest BCUT2D eigenvalue weighted by Crippen LogP contribution is -2.27. The van der Waals surface area contributed by atoms with Crippen molar-refractivity contribution in [2.24, 2.45) is 0 Å². The second-order valence-corrected chi connectivity index (χ2v) is 7.79. The van der Waals surface area contributed by atoms with Crippen LogP contribution in [0.2, 0.25) is 0 Å². The molecule has 1 aromatic heterocycles. The summed E-state index contributed by atoms with van der Waals surface area (Å²) in [7, 11) is 3.49. The minimum Gasteiger partial charge on any atom is -0.497 e. The lowest BCUT2D eigenvalue weighted by Gasteiger charge is -2.17. The molecule has 5 nitrogen and oxygen atoms in total. The van der Waals surface area contributed by atoms with Crippen LogP contribution < -0.4 is 4.74 Å². The van der Waals surface area contributed by atoms with Crippen LogP contribution in [0, 0.1) is 0 Å². The molecule has 0 saturated heterocycles. The SMILES string of the molecule is COc1ccc2cc(CN(C)C(=O)CSc3nncc4ccccc34)ccc2c1. The number of fused-ring (bicyclic) bond motifs is 2. The third-order valence-corrected chi connectivity index (χ3v) is 5.79. The lowest BCUT2D eigenvalue weighted by atomic mass is 10.1. The van der Waals surface area contributed by atoms with Gasteiger partial charge in [-0.25, -0.2) is 0 Å².